The predicted molar refractivity (Wildman–Crippen MR) is 134 cm³/mol. The molecule has 0 N–H and O–H groups in total. The van der Waals surface area contributed by atoms with Crippen molar-refractivity contribution < 1.29 is 10.4 Å². The molecule has 1 aliphatic carbocycles. The SMILES string of the molecule is [2H]C(C)(C)c1cc[n+](C)c(-c2c(C)ccc3c2oc2c4c(ccc23)C(C)(C)CCC4(C)C)c1. The fraction of sp³-hybridized carbons (Fsp3) is 0.433. The standard InChI is InChI=1S/C30H36NO/c1-18(2)20-13-16-31(8)24(17-20)25-19(3)9-10-21-22-11-12-23-26(28(22)32-27(21)25)30(6,7)15-14-29(23,4)5/h9-13,16-18H,14-15H2,1-8H3/q+1/i18D. The van der Waals surface area contributed by atoms with Gasteiger partial charge in [0.25, 0.3) is 0 Å². The zero-order chi connectivity index (χ0) is 23.9. The van der Waals surface area contributed by atoms with Crippen molar-refractivity contribution in [3.05, 3.63) is 64.8 Å². The quantitative estimate of drug-likeness (QED) is 0.298. The van der Waals surface area contributed by atoms with Crippen LogP contribution < -0.4 is 4.57 Å². The average Bonchev–Trinajstić information content (AvgIpc) is 3.09. The molecule has 1 aliphatic rings. The van der Waals surface area contributed by atoms with Gasteiger partial charge in [0.05, 0.1) is 5.56 Å². The number of hydrogen-bond donors (Lipinski definition) is 0. The molecule has 0 amide bonds. The lowest BCUT2D eigenvalue weighted by molar-refractivity contribution is -0.660. The van der Waals surface area contributed by atoms with Crippen molar-refractivity contribution in [3.63, 3.8) is 0 Å². The zero-order valence-electron chi connectivity index (χ0n) is 21.8. The Kier molecular flexibility index (Phi) is 4.35. The van der Waals surface area contributed by atoms with E-state index < -0.39 is 5.89 Å². The van der Waals surface area contributed by atoms with Crippen molar-refractivity contribution in [2.24, 2.45) is 7.05 Å². The number of furan rings is 1. The topological polar surface area (TPSA) is 17.0 Å². The summed E-state index contributed by atoms with van der Waals surface area (Å²) in [4.78, 5) is 0. The molecule has 2 nitrogen and oxygen atoms in total. The summed E-state index contributed by atoms with van der Waals surface area (Å²) in [7, 11) is 2.07. The number of nitrogens with zero attached hydrogens (tertiary/aromatic N) is 1. The first-order valence-electron chi connectivity index (χ1n) is 12.3. The molecule has 2 heteroatoms. The van der Waals surface area contributed by atoms with Crippen molar-refractivity contribution in [3.8, 4) is 11.3 Å². The van der Waals surface area contributed by atoms with Crippen molar-refractivity contribution in [1.82, 2.24) is 0 Å². The van der Waals surface area contributed by atoms with E-state index in [0.29, 0.717) is 0 Å². The smallest absolute Gasteiger partial charge is 0.216 e. The predicted octanol–water partition coefficient (Wildman–Crippen LogP) is 7.86. The van der Waals surface area contributed by atoms with E-state index in [1.54, 1.807) is 0 Å². The minimum atomic E-state index is -0.659. The fourth-order valence-corrected chi connectivity index (χ4v) is 5.57. The molecule has 0 atom stereocenters. The summed E-state index contributed by atoms with van der Waals surface area (Å²) in [5.41, 5.74) is 9.43. The van der Waals surface area contributed by atoms with Gasteiger partial charge in [0.1, 0.15) is 18.2 Å². The van der Waals surface area contributed by atoms with Crippen LogP contribution in [-0.2, 0) is 17.9 Å². The first-order valence-corrected chi connectivity index (χ1v) is 11.8. The van der Waals surface area contributed by atoms with Gasteiger partial charge in [0, 0.05) is 29.8 Å². The summed E-state index contributed by atoms with van der Waals surface area (Å²) in [5, 5.41) is 2.37. The highest BCUT2D eigenvalue weighted by molar-refractivity contribution is 6.11. The van der Waals surface area contributed by atoms with Crippen LogP contribution in [0.15, 0.2) is 47.0 Å². The van der Waals surface area contributed by atoms with Gasteiger partial charge in [-0.1, -0.05) is 65.8 Å². The van der Waals surface area contributed by atoms with Crippen LogP contribution in [0.25, 0.3) is 33.2 Å². The lowest BCUT2D eigenvalue weighted by Gasteiger charge is -2.41. The normalized spacial score (nSPS) is 18.1. The van der Waals surface area contributed by atoms with Crippen LogP contribution in [0.3, 0.4) is 0 Å². The van der Waals surface area contributed by atoms with E-state index in [1.807, 2.05) is 19.9 Å². The Morgan fingerprint density at radius 3 is 2.31 bits per heavy atom. The van der Waals surface area contributed by atoms with Crippen LogP contribution in [0.2, 0.25) is 0 Å². The first-order chi connectivity index (χ1) is 15.3. The summed E-state index contributed by atoms with van der Waals surface area (Å²) in [6.07, 6.45) is 4.41. The number of benzene rings is 2. The molecule has 166 valence electrons. The molecule has 0 radical (unpaired) electrons. The molecular formula is C30H36NO+. The molecule has 5 rings (SSSR count). The number of aryl methyl sites for hydroxylation is 2. The van der Waals surface area contributed by atoms with E-state index in [1.165, 1.54) is 33.9 Å². The second kappa shape index (κ2) is 6.94. The van der Waals surface area contributed by atoms with Gasteiger partial charge >= 0.3 is 0 Å². The Balaban J connectivity index is 1.88. The monoisotopic (exact) mass is 427 g/mol. The Hall–Kier alpha value is -2.61. The molecule has 0 saturated heterocycles. The van der Waals surface area contributed by atoms with Gasteiger partial charge in [-0.25, -0.2) is 4.57 Å². The molecule has 0 spiro atoms. The van der Waals surface area contributed by atoms with Crippen LogP contribution >= 0.6 is 0 Å². The molecule has 2 aromatic carbocycles. The van der Waals surface area contributed by atoms with Crippen molar-refractivity contribution >= 4 is 21.9 Å². The van der Waals surface area contributed by atoms with Crippen LogP contribution in [0, 0.1) is 6.92 Å². The lowest BCUT2D eigenvalue weighted by atomic mass is 9.63. The van der Waals surface area contributed by atoms with Gasteiger partial charge in [0.2, 0.25) is 5.69 Å². The maximum Gasteiger partial charge on any atom is 0.216 e. The minimum absolute atomic E-state index is 0.0767. The molecule has 4 aromatic rings. The van der Waals surface area contributed by atoms with Crippen LogP contribution in [-0.4, -0.2) is 0 Å². The lowest BCUT2D eigenvalue weighted by Crippen LogP contribution is -2.33. The third kappa shape index (κ3) is 3.03. The van der Waals surface area contributed by atoms with E-state index in [-0.39, 0.29) is 10.8 Å². The number of fused-ring (bicyclic) bond motifs is 5. The van der Waals surface area contributed by atoms with E-state index in [9.17, 15) is 0 Å². The van der Waals surface area contributed by atoms with E-state index in [4.69, 9.17) is 5.79 Å². The van der Waals surface area contributed by atoms with Crippen LogP contribution in [0.1, 0.15) is 83.9 Å². The van der Waals surface area contributed by atoms with Crippen molar-refractivity contribution in [2.75, 3.05) is 0 Å². The van der Waals surface area contributed by atoms with Gasteiger partial charge in [-0.05, 0) is 53.2 Å². The molecule has 2 aromatic heterocycles. The molecule has 0 saturated carbocycles. The van der Waals surface area contributed by atoms with E-state index in [2.05, 4.69) is 82.8 Å². The van der Waals surface area contributed by atoms with Crippen molar-refractivity contribution in [2.45, 2.75) is 78.0 Å². The maximum absolute atomic E-state index is 8.56. The molecule has 2 heterocycles. The summed E-state index contributed by atoms with van der Waals surface area (Å²) in [6, 6.07) is 13.2. The largest absolute Gasteiger partial charge is 0.455 e. The Labute approximate surface area is 193 Å². The third-order valence-corrected chi connectivity index (χ3v) is 7.78. The minimum Gasteiger partial charge on any atom is -0.455 e. The zero-order valence-corrected chi connectivity index (χ0v) is 20.8. The fourth-order valence-electron chi connectivity index (χ4n) is 5.57. The van der Waals surface area contributed by atoms with Gasteiger partial charge in [-0.3, -0.25) is 0 Å². The summed E-state index contributed by atoms with van der Waals surface area (Å²) >= 11 is 0. The van der Waals surface area contributed by atoms with Gasteiger partial charge in [0.15, 0.2) is 6.20 Å². The summed E-state index contributed by atoms with van der Waals surface area (Å²) in [6.45, 7) is 15.5. The molecule has 0 fully saturated rings. The van der Waals surface area contributed by atoms with Gasteiger partial charge < -0.3 is 4.42 Å². The van der Waals surface area contributed by atoms with E-state index in [0.717, 1.165) is 34.4 Å². The van der Waals surface area contributed by atoms with Gasteiger partial charge in [-0.2, -0.15) is 0 Å². The number of aromatic nitrogens is 1. The third-order valence-electron chi connectivity index (χ3n) is 7.78. The molecule has 0 unspecified atom stereocenters. The number of rotatable bonds is 2. The second-order valence-corrected chi connectivity index (χ2v) is 11.3. The molecule has 32 heavy (non-hydrogen) atoms. The highest BCUT2D eigenvalue weighted by Gasteiger charge is 2.39. The molecule has 0 bridgehead atoms. The second-order valence-electron chi connectivity index (χ2n) is 11.3. The average molecular weight is 428 g/mol. The van der Waals surface area contributed by atoms with Gasteiger partial charge in [-0.15, -0.1) is 0 Å². The Bertz CT molecular complexity index is 1420. The Morgan fingerprint density at radius 2 is 1.59 bits per heavy atom. The van der Waals surface area contributed by atoms with Crippen LogP contribution in [0.4, 0.5) is 0 Å². The number of pyridine rings is 1. The highest BCUT2D eigenvalue weighted by Crippen LogP contribution is 2.50. The first kappa shape index (κ1) is 20.0. The summed E-state index contributed by atoms with van der Waals surface area (Å²) < 4.78 is 17.6. The van der Waals surface area contributed by atoms with E-state index >= 15 is 0 Å². The van der Waals surface area contributed by atoms with Crippen molar-refractivity contribution in [1.29, 1.82) is 0 Å². The molecular weight excluding hydrogens is 390 g/mol. The highest BCUT2D eigenvalue weighted by atomic mass is 16.3. The molecule has 0 aliphatic heterocycles. The Morgan fingerprint density at radius 1 is 0.938 bits per heavy atom. The summed E-state index contributed by atoms with van der Waals surface area (Å²) in [5.74, 6) is -0.659. The number of hydrogen-bond acceptors (Lipinski definition) is 1. The maximum atomic E-state index is 8.56. The van der Waals surface area contributed by atoms with Crippen LogP contribution in [0.5, 0.6) is 0 Å².